The Morgan fingerprint density at radius 1 is 1.23 bits per heavy atom. The molecule has 7 heteroatoms. The monoisotopic (exact) mass is 369 g/mol. The number of carbonyl (C=O) groups is 1. The number of aromatic nitrogens is 1. The van der Waals surface area contributed by atoms with Crippen LogP contribution in [-0.2, 0) is 22.5 Å². The van der Waals surface area contributed by atoms with Crippen molar-refractivity contribution in [2.24, 2.45) is 0 Å². The second-order valence-corrected chi connectivity index (χ2v) is 7.65. The minimum atomic E-state index is -0.473. The molecule has 1 fully saturated rings. The van der Waals surface area contributed by atoms with Crippen LogP contribution in [0.3, 0.4) is 0 Å². The summed E-state index contributed by atoms with van der Waals surface area (Å²) in [5.74, 6) is 0.0580. The molecule has 0 aliphatic carbocycles. The smallest absolute Gasteiger partial charge is 0.298 e. The molecule has 0 bridgehead atoms. The molecule has 6 nitrogen and oxygen atoms in total. The van der Waals surface area contributed by atoms with Crippen LogP contribution < -0.4 is 4.90 Å². The predicted octanol–water partition coefficient (Wildman–Crippen LogP) is 2.68. The normalized spacial score (nSPS) is 20.4. The van der Waals surface area contributed by atoms with Gasteiger partial charge < -0.3 is 19.0 Å². The van der Waals surface area contributed by atoms with Gasteiger partial charge >= 0.3 is 0 Å². The van der Waals surface area contributed by atoms with Gasteiger partial charge in [-0.15, -0.1) is 11.3 Å². The SMILES string of the molecule is O=C(C1CN(c2nc3ccccc3o2)CCO1)N1CCc2sccc2C1. The first kappa shape index (κ1) is 15.8. The van der Waals surface area contributed by atoms with Crippen molar-refractivity contribution in [3.63, 3.8) is 0 Å². The van der Waals surface area contributed by atoms with Crippen molar-refractivity contribution >= 4 is 34.4 Å². The number of hydrogen-bond acceptors (Lipinski definition) is 6. The quantitative estimate of drug-likeness (QED) is 0.695. The van der Waals surface area contributed by atoms with Crippen molar-refractivity contribution in [2.75, 3.05) is 31.1 Å². The number of amides is 1. The number of oxazole rings is 1. The molecule has 1 unspecified atom stereocenters. The Morgan fingerprint density at radius 3 is 3.08 bits per heavy atom. The van der Waals surface area contributed by atoms with Gasteiger partial charge in [-0.3, -0.25) is 4.79 Å². The average Bonchev–Trinajstić information content (AvgIpc) is 3.33. The summed E-state index contributed by atoms with van der Waals surface area (Å²) in [5.41, 5.74) is 2.86. The fourth-order valence-corrected chi connectivity index (χ4v) is 4.50. The van der Waals surface area contributed by atoms with E-state index in [4.69, 9.17) is 9.15 Å². The molecule has 2 aromatic heterocycles. The number of ether oxygens (including phenoxy) is 1. The lowest BCUT2D eigenvalue weighted by Gasteiger charge is -2.35. The van der Waals surface area contributed by atoms with Crippen molar-refractivity contribution in [3.8, 4) is 0 Å². The highest BCUT2D eigenvalue weighted by Gasteiger charge is 2.33. The van der Waals surface area contributed by atoms with Crippen molar-refractivity contribution in [3.05, 3.63) is 46.2 Å². The van der Waals surface area contributed by atoms with E-state index in [9.17, 15) is 4.79 Å². The molecule has 134 valence electrons. The lowest BCUT2D eigenvalue weighted by Crippen LogP contribution is -2.52. The van der Waals surface area contributed by atoms with Crippen LogP contribution in [0.4, 0.5) is 6.01 Å². The van der Waals surface area contributed by atoms with E-state index >= 15 is 0 Å². The van der Waals surface area contributed by atoms with Crippen LogP contribution in [0, 0.1) is 0 Å². The summed E-state index contributed by atoms with van der Waals surface area (Å²) < 4.78 is 11.6. The maximum Gasteiger partial charge on any atom is 0.298 e. The highest BCUT2D eigenvalue weighted by molar-refractivity contribution is 7.10. The van der Waals surface area contributed by atoms with E-state index in [0.717, 1.165) is 24.1 Å². The molecular weight excluding hydrogens is 350 g/mol. The zero-order valence-corrected chi connectivity index (χ0v) is 15.1. The maximum absolute atomic E-state index is 13.0. The molecule has 1 aromatic carbocycles. The largest absolute Gasteiger partial charge is 0.423 e. The molecule has 3 aromatic rings. The van der Waals surface area contributed by atoms with E-state index in [1.165, 1.54) is 10.4 Å². The number of para-hydroxylation sites is 2. The third-order valence-electron chi connectivity index (χ3n) is 5.01. The summed E-state index contributed by atoms with van der Waals surface area (Å²) >= 11 is 1.78. The molecule has 0 N–H and O–H groups in total. The summed E-state index contributed by atoms with van der Waals surface area (Å²) in [4.78, 5) is 22.8. The zero-order chi connectivity index (χ0) is 17.5. The average molecular weight is 369 g/mol. The number of thiophene rings is 1. The summed E-state index contributed by atoms with van der Waals surface area (Å²) in [6, 6.07) is 10.4. The molecule has 0 saturated carbocycles. The number of rotatable bonds is 2. The van der Waals surface area contributed by atoms with Gasteiger partial charge in [0.2, 0.25) is 0 Å². The molecule has 1 atom stereocenters. The van der Waals surface area contributed by atoms with Crippen LogP contribution in [0.2, 0.25) is 0 Å². The van der Waals surface area contributed by atoms with E-state index in [2.05, 4.69) is 16.4 Å². The molecule has 2 aliphatic heterocycles. The van der Waals surface area contributed by atoms with Crippen molar-refractivity contribution in [2.45, 2.75) is 19.1 Å². The second kappa shape index (κ2) is 6.41. The fourth-order valence-electron chi connectivity index (χ4n) is 3.61. The van der Waals surface area contributed by atoms with E-state index < -0.39 is 6.10 Å². The first-order valence-corrected chi connectivity index (χ1v) is 9.72. The summed E-state index contributed by atoms with van der Waals surface area (Å²) in [7, 11) is 0. The Bertz CT molecular complexity index is 917. The van der Waals surface area contributed by atoms with Crippen LogP contribution in [0.5, 0.6) is 0 Å². The first-order chi connectivity index (χ1) is 12.8. The van der Waals surface area contributed by atoms with Gasteiger partial charge in [-0.2, -0.15) is 4.98 Å². The van der Waals surface area contributed by atoms with Crippen LogP contribution >= 0.6 is 11.3 Å². The van der Waals surface area contributed by atoms with Crippen LogP contribution in [0.25, 0.3) is 11.1 Å². The third-order valence-corrected chi connectivity index (χ3v) is 6.04. The molecule has 5 rings (SSSR count). The van der Waals surface area contributed by atoms with Crippen molar-refractivity contribution < 1.29 is 13.9 Å². The number of carbonyl (C=O) groups excluding carboxylic acids is 1. The number of benzene rings is 1. The molecule has 0 radical (unpaired) electrons. The number of anilines is 1. The topological polar surface area (TPSA) is 58.8 Å². The minimum Gasteiger partial charge on any atom is -0.423 e. The third kappa shape index (κ3) is 2.77. The highest BCUT2D eigenvalue weighted by Crippen LogP contribution is 2.26. The Morgan fingerprint density at radius 2 is 2.15 bits per heavy atom. The van der Waals surface area contributed by atoms with E-state index in [1.54, 1.807) is 11.3 Å². The molecule has 26 heavy (non-hydrogen) atoms. The second-order valence-electron chi connectivity index (χ2n) is 6.65. The van der Waals surface area contributed by atoms with Gasteiger partial charge in [0.25, 0.3) is 11.9 Å². The first-order valence-electron chi connectivity index (χ1n) is 8.84. The standard InChI is InChI=1S/C19H19N3O3S/c23-18(21-7-5-17-13(11-21)6-10-26-17)16-12-22(8-9-24-16)19-20-14-3-1-2-4-15(14)25-19/h1-4,6,10,16H,5,7-9,11-12H2. The molecule has 2 aliphatic rings. The Kier molecular flexibility index (Phi) is 3.90. The number of hydrogen-bond donors (Lipinski definition) is 0. The number of morpholine rings is 1. The van der Waals surface area contributed by atoms with Gasteiger partial charge in [-0.1, -0.05) is 12.1 Å². The van der Waals surface area contributed by atoms with Gasteiger partial charge in [0, 0.05) is 24.5 Å². The highest BCUT2D eigenvalue weighted by atomic mass is 32.1. The molecule has 4 heterocycles. The van der Waals surface area contributed by atoms with Gasteiger partial charge in [-0.05, 0) is 35.6 Å². The van der Waals surface area contributed by atoms with Gasteiger partial charge in [-0.25, -0.2) is 0 Å². The molecule has 1 saturated heterocycles. The number of nitrogens with zero attached hydrogens (tertiary/aromatic N) is 3. The number of fused-ring (bicyclic) bond motifs is 2. The van der Waals surface area contributed by atoms with E-state index in [-0.39, 0.29) is 5.91 Å². The maximum atomic E-state index is 13.0. The fraction of sp³-hybridized carbons (Fsp3) is 0.368. The van der Waals surface area contributed by atoms with Crippen LogP contribution in [-0.4, -0.2) is 48.1 Å². The summed E-state index contributed by atoms with van der Waals surface area (Å²) in [6.45, 7) is 3.08. The molecular formula is C19H19N3O3S. The van der Waals surface area contributed by atoms with Crippen LogP contribution in [0.15, 0.2) is 40.1 Å². The van der Waals surface area contributed by atoms with Gasteiger partial charge in [0.1, 0.15) is 5.52 Å². The molecule has 1 amide bonds. The van der Waals surface area contributed by atoms with Gasteiger partial charge in [0.05, 0.1) is 13.2 Å². The van der Waals surface area contributed by atoms with Crippen LogP contribution in [0.1, 0.15) is 10.4 Å². The van der Waals surface area contributed by atoms with Crippen molar-refractivity contribution in [1.29, 1.82) is 0 Å². The lowest BCUT2D eigenvalue weighted by molar-refractivity contribution is -0.145. The summed E-state index contributed by atoms with van der Waals surface area (Å²) in [5, 5.41) is 2.10. The minimum absolute atomic E-state index is 0.0580. The Labute approximate surface area is 155 Å². The predicted molar refractivity (Wildman–Crippen MR) is 99.4 cm³/mol. The van der Waals surface area contributed by atoms with Gasteiger partial charge in [0.15, 0.2) is 11.7 Å². The van der Waals surface area contributed by atoms with Crippen molar-refractivity contribution in [1.82, 2.24) is 9.88 Å². The Balaban J connectivity index is 1.32. The zero-order valence-electron chi connectivity index (χ0n) is 14.3. The lowest BCUT2D eigenvalue weighted by atomic mass is 10.1. The Hall–Kier alpha value is -2.38. The van der Waals surface area contributed by atoms with E-state index in [0.29, 0.717) is 32.3 Å². The van der Waals surface area contributed by atoms with E-state index in [1.807, 2.05) is 34.1 Å². The summed E-state index contributed by atoms with van der Waals surface area (Å²) in [6.07, 6.45) is 0.458. The molecule has 0 spiro atoms.